The molecule has 2 rings (SSSR count). The Bertz CT molecular complexity index is 684. The largest absolute Gasteiger partial charge is 0.480 e. The molecule has 1 unspecified atom stereocenters. The van der Waals surface area contributed by atoms with Gasteiger partial charge in [0.05, 0.1) is 0 Å². The topological polar surface area (TPSA) is 84.2 Å². The van der Waals surface area contributed by atoms with Gasteiger partial charge in [0.2, 0.25) is 0 Å². The van der Waals surface area contributed by atoms with E-state index in [1.54, 1.807) is 12.1 Å². The molecule has 0 aliphatic rings. The molecule has 0 fully saturated rings. The van der Waals surface area contributed by atoms with Crippen molar-refractivity contribution in [3.05, 3.63) is 48.0 Å². The van der Waals surface area contributed by atoms with Crippen LogP contribution in [0.1, 0.15) is 30.3 Å². The second-order valence-electron chi connectivity index (χ2n) is 4.75. The molecule has 7 heteroatoms. The summed E-state index contributed by atoms with van der Waals surface area (Å²) in [5, 5.41) is 15.4. The predicted octanol–water partition coefficient (Wildman–Crippen LogP) is 1.99. The van der Waals surface area contributed by atoms with Crippen LogP contribution in [0.15, 0.2) is 36.5 Å². The van der Waals surface area contributed by atoms with E-state index < -0.39 is 23.7 Å². The van der Waals surface area contributed by atoms with Crippen LogP contribution in [0, 0.1) is 5.82 Å². The molecule has 1 heterocycles. The van der Waals surface area contributed by atoms with E-state index in [4.69, 9.17) is 5.11 Å². The number of benzene rings is 1. The molecule has 1 atom stereocenters. The normalized spacial score (nSPS) is 11.9. The number of carboxylic acids is 1. The Morgan fingerprint density at radius 3 is 2.73 bits per heavy atom. The molecular formula is C15H16FN3O3. The van der Waals surface area contributed by atoms with E-state index in [1.807, 2.05) is 6.92 Å². The molecule has 0 bridgehead atoms. The van der Waals surface area contributed by atoms with Gasteiger partial charge in [0.25, 0.3) is 5.91 Å². The SMILES string of the molecule is CCCC(NC(=O)c1ccn(-c2ccccc2F)n1)C(=O)O. The number of amides is 1. The molecule has 2 N–H and O–H groups in total. The van der Waals surface area contributed by atoms with Crippen LogP contribution >= 0.6 is 0 Å². The van der Waals surface area contributed by atoms with E-state index in [0.717, 1.165) is 0 Å². The summed E-state index contributed by atoms with van der Waals surface area (Å²) in [5.41, 5.74) is 0.246. The molecule has 0 radical (unpaired) electrons. The van der Waals surface area contributed by atoms with Crippen LogP contribution in [0.4, 0.5) is 4.39 Å². The predicted molar refractivity (Wildman–Crippen MR) is 77.3 cm³/mol. The van der Waals surface area contributed by atoms with Gasteiger partial charge < -0.3 is 10.4 Å². The van der Waals surface area contributed by atoms with Gasteiger partial charge in [0, 0.05) is 6.20 Å². The number of nitrogens with one attached hydrogen (secondary N) is 1. The van der Waals surface area contributed by atoms with E-state index in [0.29, 0.717) is 12.8 Å². The second kappa shape index (κ2) is 6.84. The number of aromatic nitrogens is 2. The molecule has 1 amide bonds. The highest BCUT2D eigenvalue weighted by Crippen LogP contribution is 2.12. The number of carboxylic acid groups (broad SMARTS) is 1. The summed E-state index contributed by atoms with van der Waals surface area (Å²) in [6.07, 6.45) is 2.40. The van der Waals surface area contributed by atoms with Crippen molar-refractivity contribution in [2.45, 2.75) is 25.8 Å². The molecule has 0 saturated carbocycles. The molecule has 6 nitrogen and oxygen atoms in total. The average molecular weight is 305 g/mol. The lowest BCUT2D eigenvalue weighted by atomic mass is 10.1. The van der Waals surface area contributed by atoms with E-state index in [1.165, 1.54) is 29.1 Å². The first-order valence-corrected chi connectivity index (χ1v) is 6.87. The maximum absolute atomic E-state index is 13.7. The number of aliphatic carboxylic acids is 1. The average Bonchev–Trinajstić information content (AvgIpc) is 2.96. The van der Waals surface area contributed by atoms with Crippen LogP contribution in [-0.4, -0.2) is 32.8 Å². The van der Waals surface area contributed by atoms with Gasteiger partial charge in [-0.2, -0.15) is 5.10 Å². The fourth-order valence-electron chi connectivity index (χ4n) is 1.99. The van der Waals surface area contributed by atoms with Crippen molar-refractivity contribution in [1.82, 2.24) is 15.1 Å². The van der Waals surface area contributed by atoms with Crippen LogP contribution in [-0.2, 0) is 4.79 Å². The molecule has 0 aliphatic carbocycles. The highest BCUT2D eigenvalue weighted by molar-refractivity contribution is 5.94. The standard InChI is InChI=1S/C15H16FN3O3/c1-2-5-12(15(21)22)17-14(20)11-8-9-19(18-11)13-7-4-3-6-10(13)16/h3-4,6-9,12H,2,5H2,1H3,(H,17,20)(H,21,22). The van der Waals surface area contributed by atoms with Gasteiger partial charge in [0.15, 0.2) is 5.69 Å². The zero-order valence-corrected chi connectivity index (χ0v) is 12.0. The Morgan fingerprint density at radius 2 is 2.09 bits per heavy atom. The first kappa shape index (κ1) is 15.7. The van der Waals surface area contributed by atoms with Gasteiger partial charge in [-0.05, 0) is 24.6 Å². The van der Waals surface area contributed by atoms with Crippen molar-refractivity contribution in [1.29, 1.82) is 0 Å². The third-order valence-electron chi connectivity index (χ3n) is 3.10. The maximum Gasteiger partial charge on any atom is 0.326 e. The van der Waals surface area contributed by atoms with Crippen molar-refractivity contribution < 1.29 is 19.1 Å². The van der Waals surface area contributed by atoms with E-state index in [9.17, 15) is 14.0 Å². The summed E-state index contributed by atoms with van der Waals surface area (Å²) >= 11 is 0. The molecular weight excluding hydrogens is 289 g/mol. The Labute approximate surface area is 126 Å². The minimum atomic E-state index is -1.09. The Hall–Kier alpha value is -2.70. The van der Waals surface area contributed by atoms with Crippen LogP contribution in [0.3, 0.4) is 0 Å². The van der Waals surface area contributed by atoms with E-state index in [-0.39, 0.29) is 11.4 Å². The lowest BCUT2D eigenvalue weighted by Crippen LogP contribution is -2.40. The number of carbonyl (C=O) groups is 2. The fourth-order valence-corrected chi connectivity index (χ4v) is 1.99. The van der Waals surface area contributed by atoms with Gasteiger partial charge in [0.1, 0.15) is 17.5 Å². The van der Waals surface area contributed by atoms with E-state index >= 15 is 0 Å². The lowest BCUT2D eigenvalue weighted by molar-refractivity contribution is -0.139. The van der Waals surface area contributed by atoms with Crippen molar-refractivity contribution >= 4 is 11.9 Å². The van der Waals surface area contributed by atoms with Crippen LogP contribution < -0.4 is 5.32 Å². The van der Waals surface area contributed by atoms with Crippen LogP contribution in [0.5, 0.6) is 0 Å². The summed E-state index contributed by atoms with van der Waals surface area (Å²) in [6, 6.07) is 6.47. The zero-order valence-electron chi connectivity index (χ0n) is 12.0. The molecule has 116 valence electrons. The number of hydrogen-bond acceptors (Lipinski definition) is 3. The van der Waals surface area contributed by atoms with Crippen molar-refractivity contribution in [2.75, 3.05) is 0 Å². The Balaban J connectivity index is 2.16. The number of rotatable bonds is 6. The monoisotopic (exact) mass is 305 g/mol. The first-order valence-electron chi connectivity index (χ1n) is 6.87. The van der Waals surface area contributed by atoms with E-state index in [2.05, 4.69) is 10.4 Å². The quantitative estimate of drug-likeness (QED) is 0.855. The number of hydrogen-bond donors (Lipinski definition) is 2. The van der Waals surface area contributed by atoms with Crippen molar-refractivity contribution in [3.63, 3.8) is 0 Å². The molecule has 0 spiro atoms. The Kier molecular flexibility index (Phi) is 4.88. The first-order chi connectivity index (χ1) is 10.5. The smallest absolute Gasteiger partial charge is 0.326 e. The molecule has 1 aromatic heterocycles. The number of para-hydroxylation sites is 1. The minimum Gasteiger partial charge on any atom is -0.480 e. The third-order valence-corrected chi connectivity index (χ3v) is 3.10. The number of carbonyl (C=O) groups excluding carboxylic acids is 1. The summed E-state index contributed by atoms with van der Waals surface area (Å²) in [4.78, 5) is 23.1. The molecule has 0 aliphatic heterocycles. The molecule has 0 saturated heterocycles. The maximum atomic E-state index is 13.7. The molecule has 1 aromatic carbocycles. The summed E-state index contributed by atoms with van der Waals surface area (Å²) in [6.45, 7) is 1.83. The highest BCUT2D eigenvalue weighted by Gasteiger charge is 2.21. The third kappa shape index (κ3) is 3.49. The van der Waals surface area contributed by atoms with Crippen molar-refractivity contribution in [2.24, 2.45) is 0 Å². The zero-order chi connectivity index (χ0) is 16.1. The minimum absolute atomic E-state index is 0.0330. The van der Waals surface area contributed by atoms with Gasteiger partial charge >= 0.3 is 5.97 Å². The van der Waals surface area contributed by atoms with Crippen molar-refractivity contribution in [3.8, 4) is 5.69 Å². The molecule has 22 heavy (non-hydrogen) atoms. The van der Waals surface area contributed by atoms with Gasteiger partial charge in [-0.25, -0.2) is 13.9 Å². The highest BCUT2D eigenvalue weighted by atomic mass is 19.1. The number of nitrogens with zero attached hydrogens (tertiary/aromatic N) is 2. The summed E-state index contributed by atoms with van der Waals surface area (Å²) in [7, 11) is 0. The van der Waals surface area contributed by atoms with Crippen LogP contribution in [0.2, 0.25) is 0 Å². The summed E-state index contributed by atoms with van der Waals surface area (Å²) < 4.78 is 14.9. The van der Waals surface area contributed by atoms with Gasteiger partial charge in [-0.3, -0.25) is 4.79 Å². The second-order valence-corrected chi connectivity index (χ2v) is 4.75. The van der Waals surface area contributed by atoms with Gasteiger partial charge in [-0.15, -0.1) is 0 Å². The number of halogens is 1. The summed E-state index contributed by atoms with van der Waals surface area (Å²) in [5.74, 6) is -2.16. The van der Waals surface area contributed by atoms with Crippen LogP contribution in [0.25, 0.3) is 5.69 Å². The Morgan fingerprint density at radius 1 is 1.36 bits per heavy atom. The lowest BCUT2D eigenvalue weighted by Gasteiger charge is -2.12. The molecule has 2 aromatic rings. The fraction of sp³-hybridized carbons (Fsp3) is 0.267. The van der Waals surface area contributed by atoms with Gasteiger partial charge in [-0.1, -0.05) is 25.5 Å².